The molecule has 1 saturated carbocycles. The Bertz CT molecular complexity index is 566. The summed E-state index contributed by atoms with van der Waals surface area (Å²) in [5.41, 5.74) is 6.32. The van der Waals surface area contributed by atoms with Crippen molar-refractivity contribution in [3.63, 3.8) is 0 Å². The van der Waals surface area contributed by atoms with Crippen LogP contribution < -0.4 is 10.5 Å². The lowest BCUT2D eigenvalue weighted by atomic mass is 10.0. The zero-order chi connectivity index (χ0) is 14.1. The van der Waals surface area contributed by atoms with Gasteiger partial charge in [0.25, 0.3) is 0 Å². The van der Waals surface area contributed by atoms with Crippen LogP contribution >= 0.6 is 15.9 Å². The topological polar surface area (TPSA) is 72.2 Å². The Labute approximate surface area is 122 Å². The quantitative estimate of drug-likeness (QED) is 0.878. The Morgan fingerprint density at radius 1 is 1.37 bits per heavy atom. The van der Waals surface area contributed by atoms with Gasteiger partial charge in [0.2, 0.25) is 10.0 Å². The summed E-state index contributed by atoms with van der Waals surface area (Å²) in [5, 5.41) is 0. The molecule has 0 saturated heterocycles. The second-order valence-corrected chi connectivity index (χ2v) is 7.74. The van der Waals surface area contributed by atoms with Crippen molar-refractivity contribution in [2.24, 2.45) is 5.73 Å². The second kappa shape index (κ2) is 5.52. The number of aryl methyl sites for hydroxylation is 1. The van der Waals surface area contributed by atoms with Crippen molar-refractivity contribution in [2.45, 2.75) is 43.0 Å². The number of hydrogen-bond acceptors (Lipinski definition) is 3. The van der Waals surface area contributed by atoms with Crippen LogP contribution in [0.3, 0.4) is 0 Å². The predicted molar refractivity (Wildman–Crippen MR) is 79.5 cm³/mol. The molecule has 0 atom stereocenters. The van der Waals surface area contributed by atoms with Gasteiger partial charge in [-0.15, -0.1) is 0 Å². The molecular formula is C13H19BrN2O2S. The minimum Gasteiger partial charge on any atom is -0.329 e. The van der Waals surface area contributed by atoms with E-state index in [1.807, 2.05) is 6.92 Å². The van der Waals surface area contributed by atoms with Gasteiger partial charge in [-0.2, -0.15) is 0 Å². The first-order valence-electron chi connectivity index (χ1n) is 6.39. The van der Waals surface area contributed by atoms with Crippen LogP contribution in [-0.4, -0.2) is 20.5 Å². The van der Waals surface area contributed by atoms with Gasteiger partial charge in [-0.25, -0.2) is 13.1 Å². The van der Waals surface area contributed by atoms with Gasteiger partial charge in [0, 0.05) is 16.6 Å². The Balaban J connectivity index is 2.29. The number of hydrogen-bond donors (Lipinski definition) is 2. The molecule has 1 aliphatic rings. The van der Waals surface area contributed by atoms with E-state index in [2.05, 4.69) is 20.7 Å². The molecule has 0 heterocycles. The summed E-state index contributed by atoms with van der Waals surface area (Å²) >= 11 is 3.36. The fourth-order valence-electron chi connectivity index (χ4n) is 2.48. The highest BCUT2D eigenvalue weighted by molar-refractivity contribution is 9.10. The molecule has 2 rings (SSSR count). The molecular weight excluding hydrogens is 328 g/mol. The molecule has 6 heteroatoms. The maximum absolute atomic E-state index is 12.4. The zero-order valence-electron chi connectivity index (χ0n) is 10.9. The number of halogens is 1. The lowest BCUT2D eigenvalue weighted by Gasteiger charge is -2.28. The van der Waals surface area contributed by atoms with Gasteiger partial charge in [-0.3, -0.25) is 0 Å². The van der Waals surface area contributed by atoms with Gasteiger partial charge < -0.3 is 5.73 Å². The summed E-state index contributed by atoms with van der Waals surface area (Å²) in [6.07, 6.45) is 3.68. The first kappa shape index (κ1) is 15.0. The van der Waals surface area contributed by atoms with E-state index in [4.69, 9.17) is 5.73 Å². The minimum atomic E-state index is -3.51. The van der Waals surface area contributed by atoms with Gasteiger partial charge in [0.05, 0.1) is 4.90 Å². The van der Waals surface area contributed by atoms with Crippen LogP contribution in [0.4, 0.5) is 0 Å². The molecule has 0 unspecified atom stereocenters. The van der Waals surface area contributed by atoms with E-state index in [0.717, 1.165) is 35.7 Å². The van der Waals surface area contributed by atoms with Crippen molar-refractivity contribution in [1.29, 1.82) is 0 Å². The molecule has 0 bridgehead atoms. The fourth-order valence-corrected chi connectivity index (χ4v) is 4.51. The van der Waals surface area contributed by atoms with Gasteiger partial charge >= 0.3 is 0 Å². The van der Waals surface area contributed by atoms with Crippen molar-refractivity contribution in [3.8, 4) is 0 Å². The number of sulfonamides is 1. The molecule has 1 aromatic rings. The largest absolute Gasteiger partial charge is 0.329 e. The number of rotatable bonds is 4. The molecule has 0 radical (unpaired) electrons. The van der Waals surface area contributed by atoms with Crippen LogP contribution in [0.2, 0.25) is 0 Å². The second-order valence-electron chi connectivity index (χ2n) is 5.21. The normalized spacial score (nSPS) is 18.7. The van der Waals surface area contributed by atoms with Crippen molar-refractivity contribution in [2.75, 3.05) is 6.54 Å². The first-order chi connectivity index (χ1) is 8.88. The van der Waals surface area contributed by atoms with Crippen LogP contribution in [0.15, 0.2) is 27.6 Å². The molecule has 0 aromatic heterocycles. The van der Waals surface area contributed by atoms with Crippen molar-refractivity contribution in [3.05, 3.63) is 28.2 Å². The summed E-state index contributed by atoms with van der Waals surface area (Å²) in [5.74, 6) is 0. The van der Waals surface area contributed by atoms with Crippen LogP contribution in [0.5, 0.6) is 0 Å². The predicted octanol–water partition coefficient (Wildman–Crippen LogP) is 2.31. The Kier molecular flexibility index (Phi) is 4.35. The highest BCUT2D eigenvalue weighted by Crippen LogP contribution is 2.31. The van der Waals surface area contributed by atoms with Crippen molar-refractivity contribution >= 4 is 26.0 Å². The van der Waals surface area contributed by atoms with E-state index in [-0.39, 0.29) is 4.90 Å². The van der Waals surface area contributed by atoms with Gasteiger partial charge in [-0.1, -0.05) is 34.8 Å². The average molecular weight is 347 g/mol. The standard InChI is InChI=1S/C13H19BrN2O2S/c1-10-4-5-11(8-12(10)14)19(17,18)16-13(9-15)6-2-3-7-13/h4-5,8,16H,2-3,6-7,9,15H2,1H3. The molecule has 106 valence electrons. The van der Waals surface area contributed by atoms with Crippen LogP contribution in [0.25, 0.3) is 0 Å². The van der Waals surface area contributed by atoms with E-state index in [1.54, 1.807) is 18.2 Å². The Hall–Kier alpha value is -0.430. The molecule has 1 aliphatic carbocycles. The molecule has 0 amide bonds. The molecule has 0 aliphatic heterocycles. The number of nitrogens with two attached hydrogens (primary N) is 1. The van der Waals surface area contributed by atoms with Gasteiger partial charge in [0.1, 0.15) is 0 Å². The number of nitrogens with one attached hydrogen (secondary N) is 1. The minimum absolute atomic E-state index is 0.282. The third-order valence-corrected chi connectivity index (χ3v) is 6.19. The Morgan fingerprint density at radius 3 is 2.53 bits per heavy atom. The summed E-state index contributed by atoms with van der Waals surface area (Å²) in [6.45, 7) is 2.27. The average Bonchev–Trinajstić information content (AvgIpc) is 2.81. The molecule has 0 spiro atoms. The van der Waals surface area contributed by atoms with Gasteiger partial charge in [-0.05, 0) is 37.5 Å². The van der Waals surface area contributed by atoms with E-state index in [0.29, 0.717) is 6.54 Å². The maximum Gasteiger partial charge on any atom is 0.241 e. The molecule has 1 fully saturated rings. The lowest BCUT2D eigenvalue weighted by Crippen LogP contribution is -2.51. The Morgan fingerprint density at radius 2 is 2.00 bits per heavy atom. The molecule has 19 heavy (non-hydrogen) atoms. The highest BCUT2D eigenvalue weighted by Gasteiger charge is 2.36. The third-order valence-electron chi connectivity index (χ3n) is 3.76. The molecule has 3 N–H and O–H groups in total. The summed E-state index contributed by atoms with van der Waals surface area (Å²) in [7, 11) is -3.51. The van der Waals surface area contributed by atoms with E-state index in [9.17, 15) is 8.42 Å². The monoisotopic (exact) mass is 346 g/mol. The van der Waals surface area contributed by atoms with Crippen LogP contribution in [0.1, 0.15) is 31.2 Å². The van der Waals surface area contributed by atoms with E-state index >= 15 is 0 Å². The summed E-state index contributed by atoms with van der Waals surface area (Å²) < 4.78 is 28.5. The summed E-state index contributed by atoms with van der Waals surface area (Å²) in [6, 6.07) is 5.06. The fraction of sp³-hybridized carbons (Fsp3) is 0.538. The summed E-state index contributed by atoms with van der Waals surface area (Å²) in [4.78, 5) is 0.282. The molecule has 4 nitrogen and oxygen atoms in total. The zero-order valence-corrected chi connectivity index (χ0v) is 13.4. The van der Waals surface area contributed by atoms with Crippen LogP contribution in [0, 0.1) is 6.92 Å². The lowest BCUT2D eigenvalue weighted by molar-refractivity contribution is 0.399. The van der Waals surface area contributed by atoms with Crippen molar-refractivity contribution < 1.29 is 8.42 Å². The SMILES string of the molecule is Cc1ccc(S(=O)(=O)NC2(CN)CCCC2)cc1Br. The third kappa shape index (κ3) is 3.18. The smallest absolute Gasteiger partial charge is 0.241 e. The van der Waals surface area contributed by atoms with Crippen LogP contribution in [-0.2, 0) is 10.0 Å². The maximum atomic E-state index is 12.4. The van der Waals surface area contributed by atoms with Gasteiger partial charge in [0.15, 0.2) is 0 Å². The van der Waals surface area contributed by atoms with E-state index < -0.39 is 15.6 Å². The highest BCUT2D eigenvalue weighted by atomic mass is 79.9. The van der Waals surface area contributed by atoms with E-state index in [1.165, 1.54) is 0 Å². The van der Waals surface area contributed by atoms with Crippen molar-refractivity contribution in [1.82, 2.24) is 4.72 Å². The first-order valence-corrected chi connectivity index (χ1v) is 8.66. The number of benzene rings is 1. The molecule has 1 aromatic carbocycles.